The van der Waals surface area contributed by atoms with E-state index in [9.17, 15) is 4.79 Å². The molecule has 2 heterocycles. The molecule has 1 amide bonds. The second-order valence-electron chi connectivity index (χ2n) is 5.74. The molecule has 120 valence electrons. The first kappa shape index (κ1) is 16.0. The molecule has 5 heteroatoms. The predicted molar refractivity (Wildman–Crippen MR) is 96.0 cm³/mol. The molecular formula is C18H20BrN3O. The highest BCUT2D eigenvalue weighted by Crippen LogP contribution is 2.25. The van der Waals surface area contributed by atoms with Gasteiger partial charge in [-0.2, -0.15) is 0 Å². The maximum Gasteiger partial charge on any atom is 0.272 e. The van der Waals surface area contributed by atoms with E-state index in [1.54, 1.807) is 6.20 Å². The lowest BCUT2D eigenvalue weighted by Gasteiger charge is -2.20. The number of para-hydroxylation sites is 1. The second-order valence-corrected chi connectivity index (χ2v) is 6.60. The molecule has 0 spiro atoms. The maximum absolute atomic E-state index is 12.7. The number of carbonyl (C=O) groups excluding carboxylic acids is 1. The van der Waals surface area contributed by atoms with Gasteiger partial charge in [0.2, 0.25) is 0 Å². The normalized spacial score (nSPS) is 15.1. The number of hydrogen-bond acceptors (Lipinski definition) is 3. The highest BCUT2D eigenvalue weighted by molar-refractivity contribution is 9.10. The van der Waals surface area contributed by atoms with Crippen LogP contribution >= 0.6 is 15.9 Å². The van der Waals surface area contributed by atoms with E-state index in [1.165, 1.54) is 12.8 Å². The summed E-state index contributed by atoms with van der Waals surface area (Å²) in [6, 6.07) is 11.6. The predicted octanol–water partition coefficient (Wildman–Crippen LogP) is 4.60. The summed E-state index contributed by atoms with van der Waals surface area (Å²) in [5, 5.41) is 3.33. The largest absolute Gasteiger partial charge is 0.354 e. The molecule has 0 radical (unpaired) electrons. The van der Waals surface area contributed by atoms with Gasteiger partial charge < -0.3 is 10.2 Å². The van der Waals surface area contributed by atoms with Crippen LogP contribution in [-0.4, -0.2) is 28.9 Å². The van der Waals surface area contributed by atoms with Crippen molar-refractivity contribution >= 4 is 33.2 Å². The van der Waals surface area contributed by atoms with Crippen molar-refractivity contribution < 1.29 is 4.79 Å². The van der Waals surface area contributed by atoms with Gasteiger partial charge in [-0.05, 0) is 53.0 Å². The Bertz CT molecular complexity index is 681. The van der Waals surface area contributed by atoms with Gasteiger partial charge in [-0.25, -0.2) is 0 Å². The van der Waals surface area contributed by atoms with Crippen LogP contribution in [0.15, 0.2) is 47.1 Å². The van der Waals surface area contributed by atoms with Crippen LogP contribution in [0.3, 0.4) is 0 Å². The summed E-state index contributed by atoms with van der Waals surface area (Å²) >= 11 is 3.52. The van der Waals surface area contributed by atoms with Gasteiger partial charge in [0.15, 0.2) is 0 Å². The number of benzene rings is 1. The van der Waals surface area contributed by atoms with Crippen LogP contribution in [0.5, 0.6) is 0 Å². The van der Waals surface area contributed by atoms with E-state index in [0.29, 0.717) is 5.69 Å². The lowest BCUT2D eigenvalue weighted by atomic mass is 10.2. The van der Waals surface area contributed by atoms with Crippen LogP contribution in [-0.2, 0) is 0 Å². The van der Waals surface area contributed by atoms with Crippen molar-refractivity contribution in [1.29, 1.82) is 0 Å². The number of amides is 1. The number of carbonyl (C=O) groups is 1. The summed E-state index contributed by atoms with van der Waals surface area (Å²) in [6.07, 6.45) is 6.27. The third-order valence-electron chi connectivity index (χ3n) is 4.03. The molecule has 3 rings (SSSR count). The molecule has 1 fully saturated rings. The molecule has 1 aliphatic heterocycles. The number of pyridine rings is 1. The Morgan fingerprint density at radius 2 is 1.83 bits per heavy atom. The first-order valence-electron chi connectivity index (χ1n) is 8.01. The Balaban J connectivity index is 1.76. The lowest BCUT2D eigenvalue weighted by molar-refractivity contribution is 0.0756. The quantitative estimate of drug-likeness (QED) is 0.854. The molecule has 0 bridgehead atoms. The monoisotopic (exact) mass is 373 g/mol. The summed E-state index contributed by atoms with van der Waals surface area (Å²) in [7, 11) is 0. The minimum atomic E-state index is 0.0303. The standard InChI is InChI=1S/C18H20BrN3O/c19-15-7-3-4-8-16(15)21-14-9-10-20-17(13-14)18(23)22-11-5-1-2-6-12-22/h3-4,7-10,13H,1-2,5-6,11-12H2,(H,20,21). The average Bonchev–Trinajstić information content (AvgIpc) is 2.86. The first-order chi connectivity index (χ1) is 11.2. The fourth-order valence-electron chi connectivity index (χ4n) is 2.78. The number of aromatic nitrogens is 1. The Hall–Kier alpha value is -1.88. The maximum atomic E-state index is 12.7. The molecule has 4 nitrogen and oxygen atoms in total. The highest BCUT2D eigenvalue weighted by Gasteiger charge is 2.18. The topological polar surface area (TPSA) is 45.2 Å². The lowest BCUT2D eigenvalue weighted by Crippen LogP contribution is -2.32. The highest BCUT2D eigenvalue weighted by atomic mass is 79.9. The van der Waals surface area contributed by atoms with E-state index < -0.39 is 0 Å². The van der Waals surface area contributed by atoms with Crippen LogP contribution in [0.2, 0.25) is 0 Å². The molecule has 1 saturated heterocycles. The van der Waals surface area contributed by atoms with Crippen molar-refractivity contribution in [1.82, 2.24) is 9.88 Å². The third kappa shape index (κ3) is 4.10. The van der Waals surface area contributed by atoms with Crippen molar-refractivity contribution in [2.75, 3.05) is 18.4 Å². The van der Waals surface area contributed by atoms with Gasteiger partial charge in [0.25, 0.3) is 5.91 Å². The fraction of sp³-hybridized carbons (Fsp3) is 0.333. The van der Waals surface area contributed by atoms with Crippen LogP contribution in [0.4, 0.5) is 11.4 Å². The summed E-state index contributed by atoms with van der Waals surface area (Å²) in [4.78, 5) is 18.8. The molecule has 1 aromatic heterocycles. The molecular weight excluding hydrogens is 354 g/mol. The molecule has 0 atom stereocenters. The van der Waals surface area contributed by atoms with Crippen LogP contribution in [0.1, 0.15) is 36.2 Å². The molecule has 1 N–H and O–H groups in total. The Morgan fingerprint density at radius 1 is 1.09 bits per heavy atom. The molecule has 23 heavy (non-hydrogen) atoms. The number of likely N-dealkylation sites (tertiary alicyclic amines) is 1. The number of rotatable bonds is 3. The number of nitrogens with one attached hydrogen (secondary N) is 1. The molecule has 0 aliphatic carbocycles. The van der Waals surface area contributed by atoms with E-state index in [0.717, 1.165) is 41.8 Å². The smallest absolute Gasteiger partial charge is 0.272 e. The van der Waals surface area contributed by atoms with Crippen molar-refractivity contribution in [2.45, 2.75) is 25.7 Å². The van der Waals surface area contributed by atoms with Crippen molar-refractivity contribution in [3.05, 3.63) is 52.8 Å². The zero-order valence-corrected chi connectivity index (χ0v) is 14.6. The zero-order valence-electron chi connectivity index (χ0n) is 13.0. The zero-order chi connectivity index (χ0) is 16.1. The first-order valence-corrected chi connectivity index (χ1v) is 8.80. The van der Waals surface area contributed by atoms with E-state index in [1.807, 2.05) is 41.3 Å². The van der Waals surface area contributed by atoms with Gasteiger partial charge in [-0.15, -0.1) is 0 Å². The second kappa shape index (κ2) is 7.59. The van der Waals surface area contributed by atoms with Gasteiger partial charge in [-0.3, -0.25) is 9.78 Å². The fourth-order valence-corrected chi connectivity index (χ4v) is 3.16. The van der Waals surface area contributed by atoms with E-state index in [4.69, 9.17) is 0 Å². The molecule has 1 aliphatic rings. The molecule has 2 aromatic rings. The summed E-state index contributed by atoms with van der Waals surface area (Å²) in [6.45, 7) is 1.67. The summed E-state index contributed by atoms with van der Waals surface area (Å²) < 4.78 is 0.984. The summed E-state index contributed by atoms with van der Waals surface area (Å²) in [5.74, 6) is 0.0303. The van der Waals surface area contributed by atoms with Crippen LogP contribution < -0.4 is 5.32 Å². The van der Waals surface area contributed by atoms with Gasteiger partial charge in [0.05, 0.1) is 5.69 Å². The number of nitrogens with zero attached hydrogens (tertiary/aromatic N) is 2. The number of halogens is 1. The van der Waals surface area contributed by atoms with Crippen molar-refractivity contribution in [3.8, 4) is 0 Å². The van der Waals surface area contributed by atoms with Gasteiger partial charge >= 0.3 is 0 Å². The van der Waals surface area contributed by atoms with E-state index in [2.05, 4.69) is 26.2 Å². The van der Waals surface area contributed by atoms with Gasteiger partial charge in [-0.1, -0.05) is 25.0 Å². The molecule has 0 saturated carbocycles. The number of hydrogen-bond donors (Lipinski definition) is 1. The SMILES string of the molecule is O=C(c1cc(Nc2ccccc2Br)ccn1)N1CCCCCC1. The van der Waals surface area contributed by atoms with E-state index in [-0.39, 0.29) is 5.91 Å². The number of anilines is 2. The van der Waals surface area contributed by atoms with Gasteiger partial charge in [0.1, 0.15) is 5.69 Å². The minimum Gasteiger partial charge on any atom is -0.354 e. The molecule has 0 unspecified atom stereocenters. The Kier molecular flexibility index (Phi) is 5.28. The Labute approximate surface area is 145 Å². The van der Waals surface area contributed by atoms with Crippen LogP contribution in [0.25, 0.3) is 0 Å². The van der Waals surface area contributed by atoms with Crippen molar-refractivity contribution in [2.24, 2.45) is 0 Å². The average molecular weight is 374 g/mol. The van der Waals surface area contributed by atoms with Crippen LogP contribution in [0, 0.1) is 0 Å². The van der Waals surface area contributed by atoms with Crippen molar-refractivity contribution in [3.63, 3.8) is 0 Å². The minimum absolute atomic E-state index is 0.0303. The van der Waals surface area contributed by atoms with Gasteiger partial charge in [0, 0.05) is 29.4 Å². The molecule has 1 aromatic carbocycles. The third-order valence-corrected chi connectivity index (χ3v) is 4.72. The Morgan fingerprint density at radius 3 is 2.57 bits per heavy atom. The van der Waals surface area contributed by atoms with E-state index >= 15 is 0 Å². The summed E-state index contributed by atoms with van der Waals surface area (Å²) in [5.41, 5.74) is 2.33.